The van der Waals surface area contributed by atoms with Crippen LogP contribution in [0.5, 0.6) is 34.5 Å². The molecular formula is C62H72O6. The Kier molecular flexibility index (Phi) is 14.4. The van der Waals surface area contributed by atoms with Crippen molar-refractivity contribution in [3.63, 3.8) is 0 Å². The van der Waals surface area contributed by atoms with E-state index in [0.29, 0.717) is 35.0 Å². The van der Waals surface area contributed by atoms with Crippen molar-refractivity contribution in [2.75, 3.05) is 14.2 Å². The molecule has 5 aromatic carbocycles. The summed E-state index contributed by atoms with van der Waals surface area (Å²) in [7, 11) is 3.35. The van der Waals surface area contributed by atoms with Gasteiger partial charge >= 0.3 is 0 Å². The van der Waals surface area contributed by atoms with Crippen LogP contribution >= 0.6 is 0 Å². The van der Waals surface area contributed by atoms with Crippen molar-refractivity contribution in [1.29, 1.82) is 0 Å². The molecule has 2 atom stereocenters. The largest absolute Gasteiger partial charge is 0.507 e. The molecular weight excluding hydrogens is 841 g/mol. The number of aryl methyl sites for hydroxylation is 4. The molecule has 0 saturated heterocycles. The van der Waals surface area contributed by atoms with Gasteiger partial charge in [0.15, 0.2) is 0 Å². The number of fused-ring (bicyclic) bond motifs is 3. The highest BCUT2D eigenvalue weighted by molar-refractivity contribution is 5.92. The van der Waals surface area contributed by atoms with Crippen molar-refractivity contribution in [1.82, 2.24) is 0 Å². The van der Waals surface area contributed by atoms with Gasteiger partial charge in [0.05, 0.1) is 26.4 Å². The molecule has 1 fully saturated rings. The zero-order chi connectivity index (χ0) is 47.5. The minimum atomic E-state index is -0.266. The van der Waals surface area contributed by atoms with E-state index in [-0.39, 0.29) is 23.7 Å². The first-order chi connectivity index (χ1) is 33.0. The number of phenolic OH excluding ortho intramolecular Hbond substituents is 2. The number of benzene rings is 5. The van der Waals surface area contributed by atoms with Gasteiger partial charge in [-0.2, -0.15) is 0 Å². The lowest BCUT2D eigenvalue weighted by molar-refractivity contribution is 0.131. The number of aromatic hydroxyl groups is 2. The van der Waals surface area contributed by atoms with Gasteiger partial charge in [0.1, 0.15) is 34.5 Å². The lowest BCUT2D eigenvalue weighted by atomic mass is 9.76. The Morgan fingerprint density at radius 3 is 1.62 bits per heavy atom. The number of ether oxygens (including phenoxy) is 4. The van der Waals surface area contributed by atoms with Crippen LogP contribution in [0.2, 0.25) is 0 Å². The number of hydrogen-bond donors (Lipinski definition) is 2. The molecule has 1 saturated carbocycles. The van der Waals surface area contributed by atoms with Gasteiger partial charge in [0.25, 0.3) is 0 Å². The van der Waals surface area contributed by atoms with Gasteiger partial charge in [-0.15, -0.1) is 0 Å². The molecule has 4 aliphatic carbocycles. The SMILES string of the molecule is C=C1CCCCC/C=C2/CCCC/C2=C/1c1cc(C)cc(-c2cc(OC)ccc2O[C@H](C)CC(C)Oc2ccc(OC)cc2-c2cc(C)cc(-c3c4c(cc5c3CCCC5)CCCC4)c2O)c1O. The molecule has 0 aromatic heterocycles. The van der Waals surface area contributed by atoms with Crippen LogP contribution in [0.4, 0.5) is 0 Å². The van der Waals surface area contributed by atoms with Crippen LogP contribution in [-0.4, -0.2) is 36.6 Å². The third-order valence-electron chi connectivity index (χ3n) is 15.0. The van der Waals surface area contributed by atoms with E-state index in [9.17, 15) is 10.2 Å². The molecule has 0 radical (unpaired) electrons. The predicted molar refractivity (Wildman–Crippen MR) is 279 cm³/mol. The Morgan fingerprint density at radius 1 is 0.529 bits per heavy atom. The van der Waals surface area contributed by atoms with Crippen molar-refractivity contribution in [3.05, 3.63) is 135 Å². The number of hydrogen-bond acceptors (Lipinski definition) is 6. The molecule has 1 unspecified atom stereocenters. The molecule has 0 spiro atoms. The summed E-state index contributed by atoms with van der Waals surface area (Å²) in [6.07, 6.45) is 21.5. The van der Waals surface area contributed by atoms with E-state index in [4.69, 9.17) is 18.9 Å². The maximum absolute atomic E-state index is 12.5. The summed E-state index contributed by atoms with van der Waals surface area (Å²) in [5, 5.41) is 25.0. The number of phenols is 2. The zero-order valence-electron chi connectivity index (χ0n) is 41.5. The molecule has 0 amide bonds. The Labute approximate surface area is 405 Å². The topological polar surface area (TPSA) is 77.4 Å². The fourth-order valence-electron chi connectivity index (χ4n) is 11.8. The molecule has 2 N–H and O–H groups in total. The number of methoxy groups -OCH3 is 2. The molecule has 5 aromatic rings. The highest BCUT2D eigenvalue weighted by atomic mass is 16.5. The average Bonchev–Trinajstić information content (AvgIpc) is 3.34. The standard InChI is InChI=1S/C62H72O6/c1-38-30-53(61(63)55(32-38)59-40(3)18-10-8-9-11-19-43-20-12-15-23-48(43)59)51-36-46(65-6)26-28-57(51)67-41(4)34-42(5)68-58-29-27-47(66-7)37-52(58)54-31-39(2)33-56(62(54)64)60-49-24-16-13-21-44(49)35-45-22-14-17-25-50(45)60/h19,26-33,35-37,41-42,63-64H,3,8-18,20-25,34H2,1-2,4-7H3/b43-19-,59-48+/t41-,42?/m1/s1. The highest BCUT2D eigenvalue weighted by Gasteiger charge is 2.29. The molecule has 0 bridgehead atoms. The van der Waals surface area contributed by atoms with E-state index in [1.807, 2.05) is 36.4 Å². The van der Waals surface area contributed by atoms with Crippen molar-refractivity contribution in [3.8, 4) is 67.9 Å². The van der Waals surface area contributed by atoms with Gasteiger partial charge in [0, 0.05) is 39.8 Å². The van der Waals surface area contributed by atoms with Crippen molar-refractivity contribution in [2.24, 2.45) is 0 Å². The van der Waals surface area contributed by atoms with Crippen molar-refractivity contribution in [2.45, 2.75) is 155 Å². The summed E-state index contributed by atoms with van der Waals surface area (Å²) in [4.78, 5) is 0. The van der Waals surface area contributed by atoms with Crippen LogP contribution in [0, 0.1) is 13.8 Å². The van der Waals surface area contributed by atoms with E-state index in [1.54, 1.807) is 14.2 Å². The van der Waals surface area contributed by atoms with E-state index >= 15 is 0 Å². The van der Waals surface area contributed by atoms with Crippen molar-refractivity contribution >= 4 is 5.57 Å². The smallest absolute Gasteiger partial charge is 0.131 e. The number of rotatable bonds is 12. The van der Waals surface area contributed by atoms with Crippen LogP contribution < -0.4 is 18.9 Å². The minimum Gasteiger partial charge on any atom is -0.507 e. The molecule has 6 nitrogen and oxygen atoms in total. The molecule has 6 heteroatoms. The summed E-state index contributed by atoms with van der Waals surface area (Å²) in [6, 6.07) is 22.6. The van der Waals surface area contributed by atoms with Gasteiger partial charge in [0.2, 0.25) is 0 Å². The quantitative estimate of drug-likeness (QED) is 0.130. The molecule has 0 aliphatic heterocycles. The summed E-state index contributed by atoms with van der Waals surface area (Å²) in [5.74, 6) is 3.24. The summed E-state index contributed by atoms with van der Waals surface area (Å²) in [6.45, 7) is 13.0. The third-order valence-corrected chi connectivity index (χ3v) is 15.0. The van der Waals surface area contributed by atoms with Gasteiger partial charge in [-0.05, 0) is 252 Å². The summed E-state index contributed by atoms with van der Waals surface area (Å²) < 4.78 is 25.3. The maximum atomic E-state index is 12.5. The van der Waals surface area contributed by atoms with Crippen molar-refractivity contribution < 1.29 is 29.2 Å². The predicted octanol–water partition coefficient (Wildman–Crippen LogP) is 15.9. The fourth-order valence-corrected chi connectivity index (χ4v) is 11.8. The van der Waals surface area contributed by atoms with Gasteiger partial charge < -0.3 is 29.2 Å². The average molecular weight is 913 g/mol. The van der Waals surface area contributed by atoms with E-state index in [2.05, 4.69) is 70.7 Å². The second kappa shape index (κ2) is 20.8. The first-order valence-electron chi connectivity index (χ1n) is 25.7. The van der Waals surface area contributed by atoms with Gasteiger partial charge in [-0.1, -0.05) is 25.1 Å². The monoisotopic (exact) mass is 913 g/mol. The van der Waals surface area contributed by atoms with Crippen LogP contribution in [0.15, 0.2) is 96.1 Å². The lowest BCUT2D eigenvalue weighted by Gasteiger charge is -2.29. The van der Waals surface area contributed by atoms with Gasteiger partial charge in [-0.25, -0.2) is 0 Å². The van der Waals surface area contributed by atoms with Crippen LogP contribution in [-0.2, 0) is 25.7 Å². The van der Waals surface area contributed by atoms with E-state index in [0.717, 1.165) is 114 Å². The minimum absolute atomic E-state index is 0.241. The number of allylic oxidation sites excluding steroid dienone is 5. The Hall–Kier alpha value is -5.88. The first kappa shape index (κ1) is 47.2. The third kappa shape index (κ3) is 9.84. The fraction of sp³-hybridized carbons (Fsp3) is 0.419. The molecule has 356 valence electrons. The lowest BCUT2D eigenvalue weighted by Crippen LogP contribution is -2.23. The second-order valence-corrected chi connectivity index (χ2v) is 20.2. The van der Waals surface area contributed by atoms with Gasteiger partial charge in [-0.3, -0.25) is 0 Å². The van der Waals surface area contributed by atoms with Crippen LogP contribution in [0.25, 0.3) is 39.0 Å². The molecule has 4 aliphatic rings. The molecule has 0 heterocycles. The first-order valence-corrected chi connectivity index (χ1v) is 25.7. The van der Waals surface area contributed by atoms with Crippen LogP contribution in [0.3, 0.4) is 0 Å². The summed E-state index contributed by atoms with van der Waals surface area (Å²) in [5.41, 5.74) is 19.0. The Morgan fingerprint density at radius 2 is 1.03 bits per heavy atom. The summed E-state index contributed by atoms with van der Waals surface area (Å²) >= 11 is 0. The second-order valence-electron chi connectivity index (χ2n) is 20.2. The van der Waals surface area contributed by atoms with E-state index < -0.39 is 0 Å². The normalized spacial score (nSPS) is 19.1. The van der Waals surface area contributed by atoms with Crippen LogP contribution in [0.1, 0.15) is 143 Å². The van der Waals surface area contributed by atoms with E-state index in [1.165, 1.54) is 83.9 Å². The Balaban J connectivity index is 1.02. The zero-order valence-corrected chi connectivity index (χ0v) is 41.5. The molecule has 9 rings (SSSR count). The highest BCUT2D eigenvalue weighted by Crippen LogP contribution is 2.50. The maximum Gasteiger partial charge on any atom is 0.131 e. The Bertz CT molecular complexity index is 2730. The molecule has 68 heavy (non-hydrogen) atoms.